The molecule has 0 amide bonds. The molecule has 19 heavy (non-hydrogen) atoms. The van der Waals surface area contributed by atoms with Gasteiger partial charge in [-0.3, -0.25) is 10.1 Å². The van der Waals surface area contributed by atoms with E-state index in [9.17, 15) is 14.5 Å². The minimum absolute atomic E-state index is 0.0457. The molecule has 0 unspecified atom stereocenters. The number of hydrogen-bond donors (Lipinski definition) is 2. The molecule has 7 nitrogen and oxygen atoms in total. The first-order chi connectivity index (χ1) is 8.97. The summed E-state index contributed by atoms with van der Waals surface area (Å²) in [6.07, 6.45) is 0.960. The minimum atomic E-state index is -0.682. The molecule has 0 atom stereocenters. The van der Waals surface area contributed by atoms with Gasteiger partial charge in [-0.1, -0.05) is 15.9 Å². The fourth-order valence-corrected chi connectivity index (χ4v) is 1.67. The lowest BCUT2D eigenvalue weighted by Gasteiger charge is -2.07. The van der Waals surface area contributed by atoms with E-state index in [1.165, 1.54) is 12.1 Å². The largest absolute Gasteiger partial charge is 0.368 e. The Morgan fingerprint density at radius 1 is 1.47 bits per heavy atom. The molecule has 0 saturated carbocycles. The van der Waals surface area contributed by atoms with E-state index in [1.54, 1.807) is 6.07 Å². The highest BCUT2D eigenvalue weighted by atomic mass is 79.9. The van der Waals surface area contributed by atoms with Gasteiger partial charge in [0, 0.05) is 4.47 Å². The Morgan fingerprint density at radius 2 is 2.21 bits per heavy atom. The summed E-state index contributed by atoms with van der Waals surface area (Å²) in [4.78, 5) is 17.3. The molecule has 9 heteroatoms. The molecule has 0 radical (unpaired) electrons. The van der Waals surface area contributed by atoms with Crippen LogP contribution in [0.25, 0.3) is 0 Å². The number of nitrogens with one attached hydrogen (secondary N) is 1. The van der Waals surface area contributed by atoms with Gasteiger partial charge in [0.2, 0.25) is 11.8 Å². The maximum absolute atomic E-state index is 13.6. The number of aromatic nitrogens is 2. The van der Waals surface area contributed by atoms with E-state index >= 15 is 0 Å². The van der Waals surface area contributed by atoms with E-state index in [0.717, 1.165) is 6.20 Å². The molecule has 1 aromatic carbocycles. The van der Waals surface area contributed by atoms with Gasteiger partial charge in [0.1, 0.15) is 12.0 Å². The second kappa shape index (κ2) is 5.14. The molecule has 3 N–H and O–H groups in total. The van der Waals surface area contributed by atoms with Gasteiger partial charge in [-0.15, -0.1) is 0 Å². The summed E-state index contributed by atoms with van der Waals surface area (Å²) in [7, 11) is 0. The molecule has 1 aromatic heterocycles. The van der Waals surface area contributed by atoms with E-state index in [4.69, 9.17) is 5.73 Å². The Hall–Kier alpha value is -2.29. The zero-order chi connectivity index (χ0) is 14.0. The standard InChI is InChI=1S/C10H7BrFN5O2/c11-5-1-2-7(6(12)3-5)15-9-8(17(18)19)4-14-10(13)16-9/h1-4H,(H3,13,14,15,16). The normalized spacial score (nSPS) is 10.2. The van der Waals surface area contributed by atoms with Crippen molar-refractivity contribution in [2.75, 3.05) is 11.1 Å². The van der Waals surface area contributed by atoms with Gasteiger partial charge in [0.05, 0.1) is 10.6 Å². The van der Waals surface area contributed by atoms with Crippen molar-refractivity contribution in [3.8, 4) is 0 Å². The Balaban J connectivity index is 2.42. The highest BCUT2D eigenvalue weighted by Gasteiger charge is 2.18. The second-order valence-corrected chi connectivity index (χ2v) is 4.38. The molecule has 0 bridgehead atoms. The summed E-state index contributed by atoms with van der Waals surface area (Å²) < 4.78 is 14.2. The van der Waals surface area contributed by atoms with Crippen molar-refractivity contribution in [2.24, 2.45) is 0 Å². The fourth-order valence-electron chi connectivity index (χ4n) is 1.33. The van der Waals surface area contributed by atoms with Gasteiger partial charge in [0.25, 0.3) is 0 Å². The van der Waals surface area contributed by atoms with E-state index in [2.05, 4.69) is 31.2 Å². The number of halogens is 2. The van der Waals surface area contributed by atoms with Crippen LogP contribution in [-0.2, 0) is 0 Å². The summed E-state index contributed by atoms with van der Waals surface area (Å²) in [5.41, 5.74) is 5.01. The van der Waals surface area contributed by atoms with Crippen LogP contribution in [0, 0.1) is 15.9 Å². The van der Waals surface area contributed by atoms with Crippen LogP contribution in [-0.4, -0.2) is 14.9 Å². The van der Waals surface area contributed by atoms with E-state index < -0.39 is 16.4 Å². The predicted octanol–water partition coefficient (Wildman–Crippen LogP) is 2.61. The third-order valence-electron chi connectivity index (χ3n) is 2.17. The summed E-state index contributed by atoms with van der Waals surface area (Å²) in [6.45, 7) is 0. The molecule has 0 saturated heterocycles. The van der Waals surface area contributed by atoms with E-state index in [-0.39, 0.29) is 17.5 Å². The quantitative estimate of drug-likeness (QED) is 0.662. The molecule has 0 fully saturated rings. The average Bonchev–Trinajstić information content (AvgIpc) is 2.32. The van der Waals surface area contributed by atoms with E-state index in [1.807, 2.05) is 0 Å². The van der Waals surface area contributed by atoms with Crippen LogP contribution in [0.1, 0.15) is 0 Å². The Labute approximate surface area is 115 Å². The predicted molar refractivity (Wildman–Crippen MR) is 70.5 cm³/mol. The average molecular weight is 328 g/mol. The number of anilines is 3. The highest BCUT2D eigenvalue weighted by molar-refractivity contribution is 9.10. The lowest BCUT2D eigenvalue weighted by molar-refractivity contribution is -0.384. The van der Waals surface area contributed by atoms with Gasteiger partial charge in [-0.25, -0.2) is 9.37 Å². The SMILES string of the molecule is Nc1ncc([N+](=O)[O-])c(Nc2ccc(Br)cc2F)n1. The van der Waals surface area contributed by atoms with Crippen LogP contribution in [0.4, 0.5) is 27.5 Å². The summed E-state index contributed by atoms with van der Waals surface area (Å²) in [6, 6.07) is 4.22. The molecular weight excluding hydrogens is 321 g/mol. The van der Waals surface area contributed by atoms with Crippen molar-refractivity contribution in [3.05, 3.63) is 44.8 Å². The molecule has 0 spiro atoms. The van der Waals surface area contributed by atoms with Crippen LogP contribution in [0.5, 0.6) is 0 Å². The van der Waals surface area contributed by atoms with Crippen LogP contribution in [0.15, 0.2) is 28.9 Å². The maximum atomic E-state index is 13.6. The highest BCUT2D eigenvalue weighted by Crippen LogP contribution is 2.27. The molecule has 2 rings (SSSR count). The molecular formula is C10H7BrFN5O2. The van der Waals surface area contributed by atoms with Crippen LogP contribution >= 0.6 is 15.9 Å². The monoisotopic (exact) mass is 327 g/mol. The Bertz CT molecular complexity index is 652. The van der Waals surface area contributed by atoms with Gasteiger partial charge in [-0.2, -0.15) is 4.98 Å². The van der Waals surface area contributed by atoms with E-state index in [0.29, 0.717) is 4.47 Å². The summed E-state index contributed by atoms with van der Waals surface area (Å²) >= 11 is 3.11. The van der Waals surface area contributed by atoms with Gasteiger partial charge < -0.3 is 11.1 Å². The molecule has 0 aliphatic heterocycles. The molecule has 2 aromatic rings. The number of nitrogen functional groups attached to an aromatic ring is 1. The van der Waals surface area contributed by atoms with Crippen molar-refractivity contribution < 1.29 is 9.31 Å². The third kappa shape index (κ3) is 2.94. The zero-order valence-electron chi connectivity index (χ0n) is 9.30. The number of hydrogen-bond acceptors (Lipinski definition) is 6. The molecule has 1 heterocycles. The van der Waals surface area contributed by atoms with Crippen LogP contribution in [0.3, 0.4) is 0 Å². The fraction of sp³-hybridized carbons (Fsp3) is 0. The Morgan fingerprint density at radius 3 is 2.84 bits per heavy atom. The Kier molecular flexibility index (Phi) is 3.56. The number of benzene rings is 1. The maximum Gasteiger partial charge on any atom is 0.329 e. The first-order valence-electron chi connectivity index (χ1n) is 4.96. The minimum Gasteiger partial charge on any atom is -0.368 e. The first-order valence-corrected chi connectivity index (χ1v) is 5.75. The zero-order valence-corrected chi connectivity index (χ0v) is 10.9. The second-order valence-electron chi connectivity index (χ2n) is 3.47. The van der Waals surface area contributed by atoms with Crippen LogP contribution in [0.2, 0.25) is 0 Å². The van der Waals surface area contributed by atoms with Gasteiger partial charge in [-0.05, 0) is 18.2 Å². The molecule has 0 aliphatic carbocycles. The van der Waals surface area contributed by atoms with Crippen molar-refractivity contribution in [1.82, 2.24) is 9.97 Å². The van der Waals surface area contributed by atoms with Crippen molar-refractivity contribution >= 4 is 39.1 Å². The lowest BCUT2D eigenvalue weighted by atomic mass is 10.3. The summed E-state index contributed by atoms with van der Waals surface area (Å²) in [5, 5.41) is 13.3. The van der Waals surface area contributed by atoms with Crippen LogP contribution < -0.4 is 11.1 Å². The number of nitrogens with zero attached hydrogens (tertiary/aromatic N) is 3. The number of nitro groups is 1. The topological polar surface area (TPSA) is 107 Å². The number of rotatable bonds is 3. The third-order valence-corrected chi connectivity index (χ3v) is 2.66. The van der Waals surface area contributed by atoms with Gasteiger partial charge >= 0.3 is 5.69 Å². The van der Waals surface area contributed by atoms with Crippen molar-refractivity contribution in [2.45, 2.75) is 0 Å². The van der Waals surface area contributed by atoms with Crippen molar-refractivity contribution in [3.63, 3.8) is 0 Å². The smallest absolute Gasteiger partial charge is 0.329 e. The van der Waals surface area contributed by atoms with Crippen molar-refractivity contribution in [1.29, 1.82) is 0 Å². The summed E-state index contributed by atoms with van der Waals surface area (Å²) in [5.74, 6) is -0.898. The lowest BCUT2D eigenvalue weighted by Crippen LogP contribution is -2.04. The first kappa shape index (κ1) is 13.1. The molecule has 98 valence electrons. The molecule has 0 aliphatic rings. The number of nitrogens with two attached hydrogens (primary N) is 1. The van der Waals surface area contributed by atoms with Gasteiger partial charge in [0.15, 0.2) is 0 Å².